The molecule has 0 bridgehead atoms. The van der Waals surface area contributed by atoms with Gasteiger partial charge in [-0.15, -0.1) is 11.3 Å². The Bertz CT molecular complexity index is 2320. The summed E-state index contributed by atoms with van der Waals surface area (Å²) in [5, 5.41) is 14.6. The number of para-hydroxylation sites is 1. The van der Waals surface area contributed by atoms with Crippen LogP contribution in [0.4, 0.5) is 11.4 Å². The van der Waals surface area contributed by atoms with E-state index in [2.05, 4.69) is 15.3 Å². The van der Waals surface area contributed by atoms with E-state index in [0.717, 1.165) is 5.56 Å². The monoisotopic (exact) mass is 651 g/mol. The highest BCUT2D eigenvalue weighted by atomic mass is 32.2. The van der Waals surface area contributed by atoms with E-state index in [1.54, 1.807) is 47.9 Å². The van der Waals surface area contributed by atoms with Gasteiger partial charge in [-0.05, 0) is 54.6 Å². The summed E-state index contributed by atoms with van der Waals surface area (Å²) in [6.07, 6.45) is 1.67. The molecule has 0 aliphatic carbocycles. The predicted molar refractivity (Wildman–Crippen MR) is 174 cm³/mol. The van der Waals surface area contributed by atoms with Crippen molar-refractivity contribution in [2.45, 2.75) is 22.4 Å². The van der Waals surface area contributed by atoms with Crippen LogP contribution in [0.3, 0.4) is 0 Å². The molecule has 1 N–H and O–H groups in total. The molecule has 0 unspecified atom stereocenters. The van der Waals surface area contributed by atoms with E-state index in [1.807, 2.05) is 48.5 Å². The number of nitro groups is 1. The highest BCUT2D eigenvalue weighted by Crippen LogP contribution is 2.36. The smallest absolute Gasteiger partial charge is 0.271 e. The Hall–Kier alpha value is -5.11. The van der Waals surface area contributed by atoms with E-state index in [9.17, 15) is 19.7 Å². The maximum atomic E-state index is 13.9. The normalized spacial score (nSPS) is 14.8. The number of hydrogen-bond donors (Lipinski definition) is 1. The summed E-state index contributed by atoms with van der Waals surface area (Å²) in [5.74, 6) is 0.135. The molecule has 7 rings (SSSR count). The molecule has 1 aliphatic heterocycles. The lowest BCUT2D eigenvalue weighted by Crippen LogP contribution is -2.40. The number of thiazole rings is 2. The first-order chi connectivity index (χ1) is 21.8. The molecule has 0 fully saturated rings. The molecule has 4 heterocycles. The van der Waals surface area contributed by atoms with Crippen LogP contribution in [0.2, 0.25) is 0 Å². The Morgan fingerprint density at radius 2 is 1.80 bits per heavy atom. The topological polar surface area (TPSA) is 133 Å². The Morgan fingerprint density at radius 1 is 1.04 bits per heavy atom. The molecule has 0 saturated carbocycles. The van der Waals surface area contributed by atoms with Crippen LogP contribution >= 0.6 is 34.4 Å². The number of anilines is 1. The van der Waals surface area contributed by atoms with Crippen molar-refractivity contribution >= 4 is 68.0 Å². The van der Waals surface area contributed by atoms with Gasteiger partial charge in [0.25, 0.3) is 17.2 Å². The van der Waals surface area contributed by atoms with Gasteiger partial charge in [-0.3, -0.25) is 24.3 Å². The number of nitrogens with one attached hydrogen (secondary N) is 1. The Kier molecular flexibility index (Phi) is 7.49. The van der Waals surface area contributed by atoms with Crippen LogP contribution in [0.5, 0.6) is 0 Å². The molecule has 1 atom stereocenters. The van der Waals surface area contributed by atoms with Crippen LogP contribution in [0, 0.1) is 10.1 Å². The second kappa shape index (κ2) is 11.8. The van der Waals surface area contributed by atoms with Gasteiger partial charge in [0.2, 0.25) is 0 Å². The fourth-order valence-electron chi connectivity index (χ4n) is 5.01. The first-order valence-corrected chi connectivity index (χ1v) is 16.1. The molecule has 222 valence electrons. The number of benzene rings is 3. The predicted octanol–water partition coefficient (Wildman–Crippen LogP) is 6.14. The summed E-state index contributed by atoms with van der Waals surface area (Å²) >= 11 is 3.86. The summed E-state index contributed by atoms with van der Waals surface area (Å²) in [6, 6.07) is 26.0. The highest BCUT2D eigenvalue weighted by Gasteiger charge is 2.32. The Balaban J connectivity index is 1.22. The van der Waals surface area contributed by atoms with Crippen molar-refractivity contribution in [2.24, 2.45) is 4.99 Å². The van der Waals surface area contributed by atoms with E-state index in [4.69, 9.17) is 4.42 Å². The Morgan fingerprint density at radius 3 is 2.56 bits per heavy atom. The largest absolute Gasteiger partial charge is 0.450 e. The number of furan rings is 1. The zero-order valence-corrected chi connectivity index (χ0v) is 25.8. The molecule has 1 amide bonds. The molecule has 0 spiro atoms. The van der Waals surface area contributed by atoms with Crippen LogP contribution in [-0.4, -0.2) is 20.4 Å². The number of aromatic nitrogens is 2. The van der Waals surface area contributed by atoms with Gasteiger partial charge in [-0.2, -0.15) is 0 Å². The van der Waals surface area contributed by atoms with E-state index in [-0.39, 0.29) is 17.2 Å². The maximum absolute atomic E-state index is 13.9. The van der Waals surface area contributed by atoms with Gasteiger partial charge in [-0.1, -0.05) is 59.9 Å². The molecule has 6 aromatic rings. The van der Waals surface area contributed by atoms with Crippen molar-refractivity contribution in [3.63, 3.8) is 0 Å². The summed E-state index contributed by atoms with van der Waals surface area (Å²) in [6.45, 7) is 1.78. The lowest BCUT2D eigenvalue weighted by atomic mass is 9.95. The van der Waals surface area contributed by atoms with Gasteiger partial charge < -0.3 is 9.73 Å². The van der Waals surface area contributed by atoms with Crippen molar-refractivity contribution in [1.29, 1.82) is 0 Å². The van der Waals surface area contributed by atoms with Gasteiger partial charge in [0.15, 0.2) is 14.2 Å². The number of fused-ring (bicyclic) bond motifs is 2. The number of carbonyl (C=O) groups excluding carboxylic acids is 1. The van der Waals surface area contributed by atoms with Crippen molar-refractivity contribution in [2.75, 3.05) is 5.32 Å². The minimum atomic E-state index is -0.675. The lowest BCUT2D eigenvalue weighted by molar-refractivity contribution is -0.384. The molecule has 45 heavy (non-hydrogen) atoms. The van der Waals surface area contributed by atoms with Gasteiger partial charge in [0.05, 0.1) is 37.0 Å². The molecule has 10 nitrogen and oxygen atoms in total. The van der Waals surface area contributed by atoms with E-state index in [1.165, 1.54) is 46.6 Å². The number of allylic oxidation sites excluding steroid dienone is 1. The first kappa shape index (κ1) is 28.6. The minimum absolute atomic E-state index is 0.0121. The van der Waals surface area contributed by atoms with Crippen molar-refractivity contribution < 1.29 is 14.1 Å². The molecule has 1 aliphatic rings. The summed E-state index contributed by atoms with van der Waals surface area (Å²) in [7, 11) is 0. The number of nitro benzene ring substituents is 1. The molecule has 0 saturated heterocycles. The van der Waals surface area contributed by atoms with E-state index >= 15 is 0 Å². The number of nitrogens with zero attached hydrogens (tertiary/aromatic N) is 4. The van der Waals surface area contributed by atoms with Gasteiger partial charge in [0.1, 0.15) is 5.76 Å². The van der Waals surface area contributed by atoms with E-state index < -0.39 is 11.0 Å². The number of rotatable bonds is 7. The fraction of sp³-hybridized carbons (Fsp3) is 0.0625. The third-order valence-electron chi connectivity index (χ3n) is 7.04. The number of carbonyl (C=O) groups is 1. The average molecular weight is 652 g/mol. The van der Waals surface area contributed by atoms with Crippen molar-refractivity contribution in [3.05, 3.63) is 143 Å². The van der Waals surface area contributed by atoms with Crippen LogP contribution in [0.15, 0.2) is 126 Å². The van der Waals surface area contributed by atoms with Crippen LogP contribution in [-0.2, 0) is 4.79 Å². The molecular weight excluding hydrogens is 631 g/mol. The standard InChI is InChI=1S/C32H21N5O5S3/c1-18-27(29(38)34-20-10-6-3-7-11-20)28(19-8-4-2-5-9-19)36-30(39)25(43-31(36)33-18)17-22-13-15-26(42-22)45-32-35-23-14-12-21(37(40)41)16-24(23)44-32/h2-17,28H,1H3,(H,34,38)/b25-17-/t28-/m1/s1. The summed E-state index contributed by atoms with van der Waals surface area (Å²) in [4.78, 5) is 48.0. The first-order valence-electron chi connectivity index (χ1n) is 13.6. The molecule has 13 heteroatoms. The van der Waals surface area contributed by atoms with Crippen molar-refractivity contribution in [3.8, 4) is 0 Å². The van der Waals surface area contributed by atoms with Gasteiger partial charge >= 0.3 is 0 Å². The second-order valence-corrected chi connectivity index (χ2v) is 13.3. The summed E-state index contributed by atoms with van der Waals surface area (Å²) in [5.41, 5.74) is 2.74. The Labute approximate surface area is 266 Å². The quantitative estimate of drug-likeness (QED) is 0.162. The van der Waals surface area contributed by atoms with Gasteiger partial charge in [-0.25, -0.2) is 9.98 Å². The zero-order chi connectivity index (χ0) is 31.1. The van der Waals surface area contributed by atoms with E-state index in [0.29, 0.717) is 51.7 Å². The number of non-ortho nitro benzene ring substituents is 1. The number of hydrogen-bond acceptors (Lipinski definition) is 10. The van der Waals surface area contributed by atoms with Crippen molar-refractivity contribution in [1.82, 2.24) is 9.55 Å². The lowest BCUT2D eigenvalue weighted by Gasteiger charge is -2.25. The minimum Gasteiger partial charge on any atom is -0.450 e. The SMILES string of the molecule is CC1=C(C(=O)Nc2ccccc2)[C@@H](c2ccccc2)n2c(s/c(=C\c3ccc(Sc4nc5ccc([N+](=O)[O-])cc5s4)o3)c2=O)=N1. The second-order valence-electron chi connectivity index (χ2n) is 9.96. The van der Waals surface area contributed by atoms with Crippen LogP contribution in [0.25, 0.3) is 16.3 Å². The highest BCUT2D eigenvalue weighted by molar-refractivity contribution is 8.01. The maximum Gasteiger partial charge on any atom is 0.271 e. The average Bonchev–Trinajstić information content (AvgIpc) is 3.74. The molecule has 3 aromatic carbocycles. The molecule has 0 radical (unpaired) electrons. The molecular formula is C32H21N5O5S3. The third-order valence-corrected chi connectivity index (χ3v) is 10.0. The van der Waals surface area contributed by atoms with Crippen LogP contribution < -0.4 is 20.2 Å². The van der Waals surface area contributed by atoms with Crippen LogP contribution in [0.1, 0.15) is 24.3 Å². The summed E-state index contributed by atoms with van der Waals surface area (Å²) < 4.78 is 9.37. The third kappa shape index (κ3) is 5.64. The molecule has 3 aromatic heterocycles. The number of amides is 1. The fourth-order valence-corrected chi connectivity index (χ4v) is 8.04. The van der Waals surface area contributed by atoms with Gasteiger partial charge in [0, 0.05) is 23.9 Å². The zero-order valence-electron chi connectivity index (χ0n) is 23.4.